The number of hydrogen-bond acceptors (Lipinski definition) is 2. The molecule has 2 N–H and O–H groups in total. The maximum absolute atomic E-state index is 13.7. The van der Waals surface area contributed by atoms with Crippen molar-refractivity contribution >= 4 is 5.91 Å². The van der Waals surface area contributed by atoms with Crippen molar-refractivity contribution in [1.82, 2.24) is 4.90 Å². The highest BCUT2D eigenvalue weighted by Gasteiger charge is 2.24. The lowest BCUT2D eigenvalue weighted by Crippen LogP contribution is -2.42. The minimum absolute atomic E-state index is 0.156. The molecule has 2 atom stereocenters. The van der Waals surface area contributed by atoms with Gasteiger partial charge in [-0.2, -0.15) is 0 Å². The maximum atomic E-state index is 13.7. The molecule has 5 heteroatoms. The number of amides is 1. The van der Waals surface area contributed by atoms with Crippen molar-refractivity contribution in [2.75, 3.05) is 7.05 Å². The van der Waals surface area contributed by atoms with Crippen LogP contribution in [0.3, 0.4) is 0 Å². The molecular weight excluding hydrogens is 262 g/mol. The summed E-state index contributed by atoms with van der Waals surface area (Å²) in [6, 6.07) is 2.07. The molecule has 20 heavy (non-hydrogen) atoms. The molecule has 112 valence electrons. The maximum Gasteiger partial charge on any atom is 0.239 e. The lowest BCUT2D eigenvalue weighted by Gasteiger charge is -2.28. The zero-order valence-corrected chi connectivity index (χ0v) is 12.2. The van der Waals surface area contributed by atoms with Gasteiger partial charge in [-0.3, -0.25) is 4.79 Å². The van der Waals surface area contributed by atoms with Gasteiger partial charge in [0.1, 0.15) is 11.6 Å². The predicted molar refractivity (Wildman–Crippen MR) is 75.0 cm³/mol. The summed E-state index contributed by atoms with van der Waals surface area (Å²) < 4.78 is 26.9. The van der Waals surface area contributed by atoms with Crippen LogP contribution in [0.4, 0.5) is 8.78 Å². The molecule has 0 aliphatic heterocycles. The first-order valence-electron chi connectivity index (χ1n) is 6.85. The second-order valence-electron chi connectivity index (χ2n) is 5.04. The van der Waals surface area contributed by atoms with Crippen LogP contribution in [0, 0.1) is 11.6 Å². The van der Waals surface area contributed by atoms with Crippen molar-refractivity contribution in [2.24, 2.45) is 5.73 Å². The van der Waals surface area contributed by atoms with Gasteiger partial charge in [0.25, 0.3) is 0 Å². The first-order valence-corrected chi connectivity index (χ1v) is 6.85. The number of hydrogen-bond donors (Lipinski definition) is 1. The quantitative estimate of drug-likeness (QED) is 0.873. The summed E-state index contributed by atoms with van der Waals surface area (Å²) in [6.07, 6.45) is 2.42. The average Bonchev–Trinajstić information content (AvgIpc) is 2.44. The molecule has 0 bridgehead atoms. The third-order valence-corrected chi connectivity index (χ3v) is 3.52. The van der Waals surface area contributed by atoms with Crippen LogP contribution in [-0.2, 0) is 4.79 Å². The molecule has 1 aromatic rings. The van der Waals surface area contributed by atoms with E-state index in [4.69, 9.17) is 5.73 Å². The normalized spacial score (nSPS) is 13.9. The second kappa shape index (κ2) is 7.33. The van der Waals surface area contributed by atoms with Gasteiger partial charge in [-0.1, -0.05) is 19.8 Å². The fraction of sp³-hybridized carbons (Fsp3) is 0.533. The number of likely N-dealkylation sites (N-methyl/N-ethyl adjacent to an activating group) is 1. The van der Waals surface area contributed by atoms with Crippen LogP contribution < -0.4 is 5.73 Å². The number of rotatable bonds is 6. The summed E-state index contributed by atoms with van der Waals surface area (Å²) in [5, 5.41) is 0. The van der Waals surface area contributed by atoms with E-state index in [1.54, 1.807) is 14.0 Å². The van der Waals surface area contributed by atoms with Gasteiger partial charge in [-0.05, 0) is 31.5 Å². The Bertz CT molecular complexity index is 465. The van der Waals surface area contributed by atoms with Gasteiger partial charge in [-0.15, -0.1) is 0 Å². The summed E-state index contributed by atoms with van der Waals surface area (Å²) in [7, 11) is 1.56. The Morgan fingerprint density at radius 2 is 2.05 bits per heavy atom. The largest absolute Gasteiger partial charge is 0.338 e. The number of unbranched alkanes of at least 4 members (excludes halogenated alkanes) is 1. The zero-order valence-electron chi connectivity index (χ0n) is 12.2. The van der Waals surface area contributed by atoms with E-state index in [-0.39, 0.29) is 11.5 Å². The van der Waals surface area contributed by atoms with Crippen LogP contribution in [-0.4, -0.2) is 23.9 Å². The van der Waals surface area contributed by atoms with Gasteiger partial charge in [0.2, 0.25) is 5.91 Å². The molecule has 0 fully saturated rings. The fourth-order valence-electron chi connectivity index (χ4n) is 2.04. The molecule has 0 spiro atoms. The predicted octanol–water partition coefficient (Wildman–Crippen LogP) is 3.00. The van der Waals surface area contributed by atoms with Crippen molar-refractivity contribution in [2.45, 2.75) is 45.2 Å². The number of carbonyl (C=O) groups excluding carboxylic acids is 1. The second-order valence-corrected chi connectivity index (χ2v) is 5.04. The van der Waals surface area contributed by atoms with Crippen LogP contribution in [0.25, 0.3) is 0 Å². The smallest absolute Gasteiger partial charge is 0.239 e. The van der Waals surface area contributed by atoms with Gasteiger partial charge in [0.15, 0.2) is 0 Å². The Kier molecular flexibility index (Phi) is 6.07. The summed E-state index contributed by atoms with van der Waals surface area (Å²) in [6.45, 7) is 3.67. The van der Waals surface area contributed by atoms with Crippen LogP contribution in [0.15, 0.2) is 18.2 Å². The minimum atomic E-state index is -0.598. The molecule has 1 amide bonds. The summed E-state index contributed by atoms with van der Waals surface area (Å²) >= 11 is 0. The van der Waals surface area contributed by atoms with E-state index in [9.17, 15) is 13.6 Å². The van der Waals surface area contributed by atoms with Gasteiger partial charge >= 0.3 is 0 Å². The van der Waals surface area contributed by atoms with E-state index < -0.39 is 23.7 Å². The molecule has 0 saturated heterocycles. The Morgan fingerprint density at radius 3 is 2.65 bits per heavy atom. The SMILES string of the molecule is CCCC[C@H](N)C(=O)N(C)C(C)c1cc(F)ccc1F. The van der Waals surface area contributed by atoms with E-state index >= 15 is 0 Å². The van der Waals surface area contributed by atoms with Gasteiger partial charge in [0.05, 0.1) is 12.1 Å². The summed E-state index contributed by atoms with van der Waals surface area (Å²) in [5.41, 5.74) is 5.99. The number of benzene rings is 1. The number of nitrogens with zero attached hydrogens (tertiary/aromatic N) is 1. The lowest BCUT2D eigenvalue weighted by atomic mass is 10.0. The van der Waals surface area contributed by atoms with E-state index in [0.29, 0.717) is 6.42 Å². The number of halogens is 2. The van der Waals surface area contributed by atoms with E-state index in [2.05, 4.69) is 0 Å². The summed E-state index contributed by atoms with van der Waals surface area (Å²) in [4.78, 5) is 13.5. The van der Waals surface area contributed by atoms with Crippen molar-refractivity contribution < 1.29 is 13.6 Å². The molecule has 3 nitrogen and oxygen atoms in total. The van der Waals surface area contributed by atoms with Crippen LogP contribution >= 0.6 is 0 Å². The average molecular weight is 284 g/mol. The van der Waals surface area contributed by atoms with Crippen molar-refractivity contribution in [3.8, 4) is 0 Å². The first kappa shape index (κ1) is 16.6. The molecule has 1 rings (SSSR count). The molecule has 0 radical (unpaired) electrons. The van der Waals surface area contributed by atoms with Crippen molar-refractivity contribution in [3.63, 3.8) is 0 Å². The first-order chi connectivity index (χ1) is 9.38. The third kappa shape index (κ3) is 4.00. The minimum Gasteiger partial charge on any atom is -0.338 e. The third-order valence-electron chi connectivity index (χ3n) is 3.52. The van der Waals surface area contributed by atoms with Crippen LogP contribution in [0.2, 0.25) is 0 Å². The highest BCUT2D eigenvalue weighted by atomic mass is 19.1. The molecule has 1 unspecified atom stereocenters. The van der Waals surface area contributed by atoms with Gasteiger partial charge in [-0.25, -0.2) is 8.78 Å². The Morgan fingerprint density at radius 1 is 1.40 bits per heavy atom. The fourth-order valence-corrected chi connectivity index (χ4v) is 2.04. The standard InChI is InChI=1S/C15H22F2N2O/c1-4-5-6-14(18)15(20)19(3)10(2)12-9-11(16)7-8-13(12)17/h7-10,14H,4-6,18H2,1-3H3/t10?,14-/m0/s1. The highest BCUT2D eigenvalue weighted by Crippen LogP contribution is 2.23. The van der Waals surface area contributed by atoms with Crippen LogP contribution in [0.1, 0.15) is 44.7 Å². The molecule has 0 aliphatic rings. The monoisotopic (exact) mass is 284 g/mol. The Labute approximate surface area is 118 Å². The van der Waals surface area contributed by atoms with Crippen molar-refractivity contribution in [1.29, 1.82) is 0 Å². The Hall–Kier alpha value is -1.49. The van der Waals surface area contributed by atoms with Crippen molar-refractivity contribution in [3.05, 3.63) is 35.4 Å². The Balaban J connectivity index is 2.82. The molecular formula is C15H22F2N2O. The van der Waals surface area contributed by atoms with Crippen LogP contribution in [0.5, 0.6) is 0 Å². The molecule has 0 saturated carbocycles. The van der Waals surface area contributed by atoms with Gasteiger partial charge < -0.3 is 10.6 Å². The van der Waals surface area contributed by atoms with E-state index in [1.807, 2.05) is 6.92 Å². The molecule has 0 aliphatic carbocycles. The highest BCUT2D eigenvalue weighted by molar-refractivity contribution is 5.81. The summed E-state index contributed by atoms with van der Waals surface area (Å²) in [5.74, 6) is -1.31. The van der Waals surface area contributed by atoms with E-state index in [1.165, 1.54) is 4.90 Å². The lowest BCUT2D eigenvalue weighted by molar-refractivity contribution is -0.133. The number of nitrogens with two attached hydrogens (primary N) is 1. The zero-order chi connectivity index (χ0) is 15.3. The molecule has 0 aromatic heterocycles. The van der Waals surface area contributed by atoms with E-state index in [0.717, 1.165) is 31.0 Å². The molecule has 0 heterocycles. The topological polar surface area (TPSA) is 46.3 Å². The number of carbonyl (C=O) groups is 1. The molecule has 1 aromatic carbocycles. The van der Waals surface area contributed by atoms with Gasteiger partial charge in [0, 0.05) is 12.6 Å².